The van der Waals surface area contributed by atoms with Gasteiger partial charge in [-0.15, -0.1) is 10.2 Å². The van der Waals surface area contributed by atoms with Gasteiger partial charge in [0.25, 0.3) is 0 Å². The van der Waals surface area contributed by atoms with Gasteiger partial charge in [-0.1, -0.05) is 17.4 Å². The number of nitrogens with one attached hydrogen (secondary N) is 2. The van der Waals surface area contributed by atoms with E-state index in [1.165, 1.54) is 17.4 Å². The lowest BCUT2D eigenvalue weighted by atomic mass is 9.67. The maximum atomic E-state index is 12.7. The van der Waals surface area contributed by atoms with Crippen LogP contribution in [0.15, 0.2) is 18.2 Å². The zero-order valence-electron chi connectivity index (χ0n) is 16.8. The molecule has 1 aliphatic carbocycles. The highest BCUT2D eigenvalue weighted by Crippen LogP contribution is 2.44. The Kier molecular flexibility index (Phi) is 7.34. The summed E-state index contributed by atoms with van der Waals surface area (Å²) in [6.07, 6.45) is 1.25. The first-order valence-corrected chi connectivity index (χ1v) is 10.4. The molecule has 1 amide bonds. The fourth-order valence-corrected chi connectivity index (χ4v) is 4.13. The molecule has 0 atom stereocenters. The molecule has 0 bridgehead atoms. The van der Waals surface area contributed by atoms with Crippen molar-refractivity contribution in [1.82, 2.24) is 15.6 Å². The number of nitrogens with zero attached hydrogens (tertiary/aromatic N) is 3. The van der Waals surface area contributed by atoms with E-state index in [2.05, 4.69) is 36.6 Å². The molecule has 3 rings (SSSR count). The maximum Gasteiger partial charge on any atom is 0.387 e. The van der Waals surface area contributed by atoms with Gasteiger partial charge < -0.3 is 9.47 Å². The van der Waals surface area contributed by atoms with Crippen LogP contribution in [0.25, 0.3) is 0 Å². The number of nitriles is 1. The number of alkyl halides is 4. The molecule has 0 radical (unpaired) electrons. The number of benzene rings is 1. The Morgan fingerprint density at radius 2 is 1.84 bits per heavy atom. The van der Waals surface area contributed by atoms with E-state index in [1.807, 2.05) is 0 Å². The highest BCUT2D eigenvalue weighted by molar-refractivity contribution is 7.15. The van der Waals surface area contributed by atoms with Crippen molar-refractivity contribution in [3.8, 4) is 17.6 Å². The van der Waals surface area contributed by atoms with Gasteiger partial charge >= 0.3 is 13.2 Å². The van der Waals surface area contributed by atoms with Crippen LogP contribution in [0.4, 0.5) is 22.7 Å². The summed E-state index contributed by atoms with van der Waals surface area (Å²) in [6, 6.07) is 5.77. The van der Waals surface area contributed by atoms with Crippen LogP contribution >= 0.6 is 11.3 Å². The number of aryl methyl sites for hydroxylation is 1. The highest BCUT2D eigenvalue weighted by atomic mass is 32.1. The van der Waals surface area contributed by atoms with E-state index in [0.717, 1.165) is 17.1 Å². The molecular formula is C19H19F4N5O3S. The van der Waals surface area contributed by atoms with E-state index in [9.17, 15) is 27.6 Å². The Morgan fingerprint density at radius 1 is 1.19 bits per heavy atom. The first kappa shape index (κ1) is 23.5. The van der Waals surface area contributed by atoms with Crippen LogP contribution in [-0.4, -0.2) is 29.3 Å². The Hall–Kier alpha value is -3.14. The summed E-state index contributed by atoms with van der Waals surface area (Å²) in [4.78, 5) is 12.4. The molecule has 172 valence electrons. The van der Waals surface area contributed by atoms with Crippen molar-refractivity contribution in [2.24, 2.45) is 5.92 Å². The number of hydrazine groups is 1. The number of ether oxygens (including phenoxy) is 2. The van der Waals surface area contributed by atoms with Gasteiger partial charge in [0, 0.05) is 5.92 Å². The van der Waals surface area contributed by atoms with Gasteiger partial charge in [-0.3, -0.25) is 15.6 Å². The van der Waals surface area contributed by atoms with Crippen molar-refractivity contribution < 1.29 is 31.8 Å². The Morgan fingerprint density at radius 3 is 2.41 bits per heavy atom. The van der Waals surface area contributed by atoms with E-state index >= 15 is 0 Å². The number of halogens is 4. The van der Waals surface area contributed by atoms with E-state index in [1.54, 1.807) is 6.92 Å². The number of aromatic nitrogens is 2. The second-order valence-corrected chi connectivity index (χ2v) is 8.31. The number of hydrogen-bond donors (Lipinski definition) is 2. The zero-order chi connectivity index (χ0) is 23.3. The summed E-state index contributed by atoms with van der Waals surface area (Å²) in [5, 5.41) is 18.7. The molecule has 32 heavy (non-hydrogen) atoms. The molecule has 13 heteroatoms. The van der Waals surface area contributed by atoms with Crippen LogP contribution in [0.1, 0.15) is 36.3 Å². The molecule has 1 saturated carbocycles. The van der Waals surface area contributed by atoms with Crippen molar-refractivity contribution in [2.45, 2.75) is 51.2 Å². The first-order chi connectivity index (χ1) is 15.2. The summed E-state index contributed by atoms with van der Waals surface area (Å²) in [7, 11) is 0. The smallest absolute Gasteiger partial charge is 0.387 e. The number of hydrogen-bond acceptors (Lipinski definition) is 8. The normalized spacial score (nSPS) is 20.6. The fraction of sp³-hybridized carbons (Fsp3) is 0.474. The van der Waals surface area contributed by atoms with Gasteiger partial charge in [0.2, 0.25) is 11.0 Å². The number of carbonyl (C=O) groups excluding carboxylic acids is 1. The molecule has 2 N–H and O–H groups in total. The molecule has 1 aliphatic rings. The van der Waals surface area contributed by atoms with Crippen molar-refractivity contribution in [3.05, 3.63) is 28.8 Å². The van der Waals surface area contributed by atoms with Crippen molar-refractivity contribution >= 4 is 22.4 Å². The lowest BCUT2D eigenvalue weighted by Gasteiger charge is -2.35. The third kappa shape index (κ3) is 5.56. The van der Waals surface area contributed by atoms with Crippen molar-refractivity contribution in [1.29, 1.82) is 5.26 Å². The summed E-state index contributed by atoms with van der Waals surface area (Å²) >= 11 is 1.27. The quantitative estimate of drug-likeness (QED) is 0.438. The van der Waals surface area contributed by atoms with Gasteiger partial charge in [-0.05, 0) is 50.3 Å². The first-order valence-electron chi connectivity index (χ1n) is 9.54. The molecule has 2 aromatic rings. The second kappa shape index (κ2) is 9.99. The molecule has 0 saturated heterocycles. The highest BCUT2D eigenvalue weighted by Gasteiger charge is 2.40. The van der Waals surface area contributed by atoms with Crippen LogP contribution < -0.4 is 20.3 Å². The van der Waals surface area contributed by atoms with Gasteiger partial charge in [0.15, 0.2) is 11.5 Å². The SMILES string of the molecule is Cc1nnc(NNC(=O)C2CCC(C#N)(c3ccc(OC(F)F)c(OC(F)F)c3)CC2)s1. The molecule has 1 fully saturated rings. The summed E-state index contributed by atoms with van der Waals surface area (Å²) < 4.78 is 59.1. The molecule has 0 unspecified atom stereocenters. The summed E-state index contributed by atoms with van der Waals surface area (Å²) in [6.45, 7) is -4.71. The molecule has 8 nitrogen and oxygen atoms in total. The lowest BCUT2D eigenvalue weighted by Crippen LogP contribution is -2.39. The van der Waals surface area contributed by atoms with Crippen molar-refractivity contribution in [2.75, 3.05) is 5.43 Å². The van der Waals surface area contributed by atoms with Gasteiger partial charge in [0.1, 0.15) is 5.01 Å². The van der Waals surface area contributed by atoms with Crippen molar-refractivity contribution in [3.63, 3.8) is 0 Å². The molecule has 1 aromatic carbocycles. The number of anilines is 1. The lowest BCUT2D eigenvalue weighted by molar-refractivity contribution is -0.125. The van der Waals surface area contributed by atoms with E-state index < -0.39 is 30.1 Å². The predicted octanol–water partition coefficient (Wildman–Crippen LogP) is 4.14. The Balaban J connectivity index is 1.69. The predicted molar refractivity (Wildman–Crippen MR) is 105 cm³/mol. The topological polar surface area (TPSA) is 109 Å². The number of rotatable bonds is 8. The van der Waals surface area contributed by atoms with Gasteiger partial charge in [-0.2, -0.15) is 22.8 Å². The molecule has 0 spiro atoms. The van der Waals surface area contributed by atoms with E-state index in [-0.39, 0.29) is 24.7 Å². The maximum absolute atomic E-state index is 12.7. The average Bonchev–Trinajstić information content (AvgIpc) is 3.17. The van der Waals surface area contributed by atoms with Crippen LogP contribution in [0.2, 0.25) is 0 Å². The van der Waals surface area contributed by atoms with E-state index in [4.69, 9.17) is 0 Å². The van der Waals surface area contributed by atoms with Crippen LogP contribution in [0.5, 0.6) is 11.5 Å². The second-order valence-electron chi connectivity index (χ2n) is 7.13. The Labute approximate surface area is 184 Å². The van der Waals surface area contributed by atoms with Gasteiger partial charge in [0.05, 0.1) is 11.5 Å². The minimum absolute atomic E-state index is 0.267. The molecule has 1 heterocycles. The molecule has 1 aromatic heterocycles. The minimum Gasteiger partial charge on any atom is -0.431 e. The Bertz CT molecular complexity index is 990. The van der Waals surface area contributed by atoms with Crippen LogP contribution in [0, 0.1) is 24.2 Å². The number of carbonyl (C=O) groups is 1. The van der Waals surface area contributed by atoms with E-state index in [0.29, 0.717) is 23.5 Å². The molecular weight excluding hydrogens is 454 g/mol. The van der Waals surface area contributed by atoms with Gasteiger partial charge in [-0.25, -0.2) is 0 Å². The fourth-order valence-electron chi connectivity index (χ4n) is 3.59. The third-order valence-corrected chi connectivity index (χ3v) is 5.93. The largest absolute Gasteiger partial charge is 0.431 e. The van der Waals surface area contributed by atoms with Crippen LogP contribution in [0.3, 0.4) is 0 Å². The summed E-state index contributed by atoms with van der Waals surface area (Å²) in [5.74, 6) is -1.78. The summed E-state index contributed by atoms with van der Waals surface area (Å²) in [5.41, 5.74) is 4.52. The van der Waals surface area contributed by atoms with Crippen LogP contribution in [-0.2, 0) is 10.2 Å². The average molecular weight is 473 g/mol. The molecule has 0 aliphatic heterocycles. The number of amides is 1. The monoisotopic (exact) mass is 473 g/mol. The third-order valence-electron chi connectivity index (χ3n) is 5.17. The minimum atomic E-state index is -3.26. The zero-order valence-corrected chi connectivity index (χ0v) is 17.6. The standard InChI is InChI=1S/C19H19F4N5O3S/c1-10-25-27-18(32-10)28-26-15(29)11-4-6-19(9-24,7-5-11)12-2-3-13(30-16(20)21)14(8-12)31-17(22)23/h2-3,8,11,16-17H,4-7H2,1H3,(H,26,29)(H,27,28).